The van der Waals surface area contributed by atoms with Crippen molar-refractivity contribution in [1.29, 1.82) is 0 Å². The minimum absolute atomic E-state index is 0.0242. The third-order valence-corrected chi connectivity index (χ3v) is 8.16. The van der Waals surface area contributed by atoms with Gasteiger partial charge < -0.3 is 14.4 Å². The molecule has 204 valence electrons. The molecule has 2 aromatic rings. The lowest BCUT2D eigenvalue weighted by atomic mass is 9.67. The van der Waals surface area contributed by atoms with Crippen LogP contribution in [0.3, 0.4) is 0 Å². The van der Waals surface area contributed by atoms with E-state index in [1.54, 1.807) is 6.07 Å². The number of urea groups is 1. The summed E-state index contributed by atoms with van der Waals surface area (Å²) < 4.78 is 10.9. The highest BCUT2D eigenvalue weighted by molar-refractivity contribution is 6.20. The molecule has 12 nitrogen and oxygen atoms in total. The van der Waals surface area contributed by atoms with Crippen molar-refractivity contribution in [1.82, 2.24) is 15.1 Å². The Balaban J connectivity index is 1.38. The van der Waals surface area contributed by atoms with Gasteiger partial charge in [-0.3, -0.25) is 34.8 Å². The Labute approximate surface area is 224 Å². The molecule has 2 unspecified atom stereocenters. The van der Waals surface area contributed by atoms with Gasteiger partial charge in [0.1, 0.15) is 0 Å². The number of carbonyl (C=O) groups is 3. The van der Waals surface area contributed by atoms with Crippen LogP contribution in [-0.2, 0) is 22.6 Å². The lowest BCUT2D eigenvalue weighted by Crippen LogP contribution is -2.75. The van der Waals surface area contributed by atoms with Gasteiger partial charge in [0, 0.05) is 57.0 Å². The smallest absolute Gasteiger partial charge is 0.330 e. The maximum Gasteiger partial charge on any atom is 0.330 e. The van der Waals surface area contributed by atoms with Crippen LogP contribution < -0.4 is 19.7 Å². The number of barbiturate groups is 1. The quantitative estimate of drug-likeness (QED) is 0.336. The fourth-order valence-corrected chi connectivity index (χ4v) is 6.19. The summed E-state index contributed by atoms with van der Waals surface area (Å²) in [6.07, 6.45) is 1.35. The number of nitro benzene ring substituents is 1. The fourth-order valence-electron chi connectivity index (χ4n) is 6.19. The number of hydrogen-bond donors (Lipinski definition) is 1. The summed E-state index contributed by atoms with van der Waals surface area (Å²) in [6.45, 7) is 4.45. The van der Waals surface area contributed by atoms with Gasteiger partial charge in [0.25, 0.3) is 5.69 Å². The molecule has 6 rings (SSSR count). The lowest BCUT2D eigenvalue weighted by molar-refractivity contribution is -0.384. The number of fused-ring (bicyclic) bond motifs is 5. The molecule has 2 saturated heterocycles. The number of nitro groups is 1. The number of nitrogens with one attached hydrogen (secondary N) is 1. The Bertz CT molecular complexity index is 1380. The second kappa shape index (κ2) is 9.53. The summed E-state index contributed by atoms with van der Waals surface area (Å²) in [6, 6.07) is 9.08. The van der Waals surface area contributed by atoms with Crippen LogP contribution in [0.4, 0.5) is 16.2 Å². The molecule has 1 N–H and O–H groups in total. The van der Waals surface area contributed by atoms with E-state index < -0.39 is 34.2 Å². The highest BCUT2D eigenvalue weighted by atomic mass is 16.7. The average molecular weight is 536 g/mol. The molecule has 12 heteroatoms. The minimum atomic E-state index is -1.60. The number of anilines is 1. The van der Waals surface area contributed by atoms with Crippen LogP contribution in [0, 0.1) is 15.5 Å². The van der Waals surface area contributed by atoms with Crippen LogP contribution in [0.15, 0.2) is 36.4 Å². The van der Waals surface area contributed by atoms with E-state index in [0.717, 1.165) is 22.6 Å². The molecular weight excluding hydrogens is 506 g/mol. The van der Waals surface area contributed by atoms with E-state index in [4.69, 9.17) is 9.47 Å². The Kier molecular flexibility index (Phi) is 6.13. The number of unbranched alkanes of at least 4 members (excludes halogenated alkanes) is 1. The molecule has 0 radical (unpaired) electrons. The zero-order chi connectivity index (χ0) is 27.3. The second-order valence-electron chi connectivity index (χ2n) is 10.4. The standard InChI is InChI=1S/C27H29N5O7/c1-2-3-8-31-25(34)27(24(33)28-26(31)35)13-18-12-19(32(36)37)5-6-20(18)30-10-9-29(15-23(27)30)14-17-4-7-21-22(11-17)39-16-38-21/h4-7,11-12,23H,2-3,8-10,13-16H2,1H3,(H,28,33,35). The molecule has 4 aliphatic rings. The first kappa shape index (κ1) is 25.1. The zero-order valence-corrected chi connectivity index (χ0v) is 21.6. The molecule has 39 heavy (non-hydrogen) atoms. The second-order valence-corrected chi connectivity index (χ2v) is 10.4. The number of ether oxygens (including phenoxy) is 2. The van der Waals surface area contributed by atoms with Crippen LogP contribution in [0.2, 0.25) is 0 Å². The number of nitrogens with zero attached hydrogens (tertiary/aromatic N) is 4. The van der Waals surface area contributed by atoms with Gasteiger partial charge in [0.05, 0.1) is 11.0 Å². The third kappa shape index (κ3) is 4.06. The van der Waals surface area contributed by atoms with Crippen LogP contribution in [0.5, 0.6) is 11.5 Å². The molecule has 1 spiro atoms. The highest BCUT2D eigenvalue weighted by Gasteiger charge is 2.62. The Morgan fingerprint density at radius 1 is 1.10 bits per heavy atom. The van der Waals surface area contributed by atoms with Crippen LogP contribution in [0.1, 0.15) is 30.9 Å². The summed E-state index contributed by atoms with van der Waals surface area (Å²) in [5.41, 5.74) is 0.630. The van der Waals surface area contributed by atoms with Gasteiger partial charge >= 0.3 is 6.03 Å². The predicted molar refractivity (Wildman–Crippen MR) is 138 cm³/mol. The summed E-state index contributed by atoms with van der Waals surface area (Å²) in [4.78, 5) is 57.0. The summed E-state index contributed by atoms with van der Waals surface area (Å²) in [5.74, 6) is 0.189. The van der Waals surface area contributed by atoms with E-state index in [9.17, 15) is 24.5 Å². The Morgan fingerprint density at radius 2 is 1.92 bits per heavy atom. The van der Waals surface area contributed by atoms with Gasteiger partial charge in [-0.05, 0) is 35.7 Å². The first-order valence-electron chi connectivity index (χ1n) is 13.1. The number of hydrogen-bond acceptors (Lipinski definition) is 9. The molecule has 0 aliphatic carbocycles. The van der Waals surface area contributed by atoms with Gasteiger partial charge in [-0.1, -0.05) is 19.4 Å². The van der Waals surface area contributed by atoms with Crippen molar-refractivity contribution in [2.24, 2.45) is 5.41 Å². The molecule has 0 aromatic heterocycles. The van der Waals surface area contributed by atoms with E-state index in [0.29, 0.717) is 49.7 Å². The van der Waals surface area contributed by atoms with E-state index in [2.05, 4.69) is 10.2 Å². The first-order chi connectivity index (χ1) is 18.8. The largest absolute Gasteiger partial charge is 0.454 e. The number of piperazine rings is 1. The molecule has 0 saturated carbocycles. The summed E-state index contributed by atoms with van der Waals surface area (Å²) in [5, 5.41) is 14.0. The molecule has 0 bridgehead atoms. The highest BCUT2D eigenvalue weighted by Crippen LogP contribution is 2.47. The average Bonchev–Trinajstić information content (AvgIpc) is 3.39. The fraction of sp³-hybridized carbons (Fsp3) is 0.444. The molecule has 4 amide bonds. The normalized spacial score (nSPS) is 24.0. The molecular formula is C27H29N5O7. The maximum absolute atomic E-state index is 14.1. The van der Waals surface area contributed by atoms with E-state index in [1.807, 2.05) is 30.0 Å². The van der Waals surface area contributed by atoms with Gasteiger partial charge in [-0.15, -0.1) is 0 Å². The molecule has 2 atom stereocenters. The van der Waals surface area contributed by atoms with Crippen molar-refractivity contribution in [2.75, 3.05) is 37.9 Å². The number of imide groups is 2. The first-order valence-corrected chi connectivity index (χ1v) is 13.1. The SMILES string of the molecule is CCCCN1C(=O)NC(=O)C2(Cc3cc([N+](=O)[O-])ccc3N3CCN(Cc4ccc5c(c4)OCO5)CC32)C1=O. The van der Waals surface area contributed by atoms with Crippen molar-refractivity contribution in [3.05, 3.63) is 57.6 Å². The summed E-state index contributed by atoms with van der Waals surface area (Å²) in [7, 11) is 0. The van der Waals surface area contributed by atoms with Crippen LogP contribution >= 0.6 is 0 Å². The molecule has 2 fully saturated rings. The van der Waals surface area contributed by atoms with E-state index in [1.165, 1.54) is 12.1 Å². The van der Waals surface area contributed by atoms with Crippen molar-refractivity contribution in [3.63, 3.8) is 0 Å². The monoisotopic (exact) mass is 535 g/mol. The van der Waals surface area contributed by atoms with Gasteiger partial charge in [0.15, 0.2) is 16.9 Å². The van der Waals surface area contributed by atoms with Crippen molar-refractivity contribution in [2.45, 2.75) is 38.8 Å². The maximum atomic E-state index is 14.1. The number of amides is 4. The molecule has 4 aliphatic heterocycles. The van der Waals surface area contributed by atoms with Crippen molar-refractivity contribution < 1.29 is 28.8 Å². The predicted octanol–water partition coefficient (Wildman–Crippen LogP) is 2.44. The van der Waals surface area contributed by atoms with Crippen LogP contribution in [-0.4, -0.2) is 71.6 Å². The van der Waals surface area contributed by atoms with Crippen LogP contribution in [0.25, 0.3) is 0 Å². The molecule has 2 aromatic carbocycles. The number of benzene rings is 2. The van der Waals surface area contributed by atoms with Gasteiger partial charge in [0.2, 0.25) is 18.6 Å². The van der Waals surface area contributed by atoms with Crippen molar-refractivity contribution in [3.8, 4) is 11.5 Å². The minimum Gasteiger partial charge on any atom is -0.454 e. The van der Waals surface area contributed by atoms with E-state index in [-0.39, 0.29) is 25.4 Å². The van der Waals surface area contributed by atoms with E-state index >= 15 is 0 Å². The van der Waals surface area contributed by atoms with Crippen molar-refractivity contribution >= 4 is 29.2 Å². The van der Waals surface area contributed by atoms with Gasteiger partial charge in [-0.25, -0.2) is 4.79 Å². The Morgan fingerprint density at radius 3 is 2.72 bits per heavy atom. The number of rotatable bonds is 6. The summed E-state index contributed by atoms with van der Waals surface area (Å²) >= 11 is 0. The van der Waals surface area contributed by atoms with Gasteiger partial charge in [-0.2, -0.15) is 0 Å². The molecule has 4 heterocycles. The third-order valence-electron chi connectivity index (χ3n) is 8.16. The lowest BCUT2D eigenvalue weighted by Gasteiger charge is -2.55. The Hall–Kier alpha value is -4.19. The zero-order valence-electron chi connectivity index (χ0n) is 21.6. The number of carbonyl (C=O) groups excluding carboxylic acids is 3. The topological polar surface area (TPSA) is 135 Å². The number of non-ortho nitro benzene ring substituents is 1.